The molecule has 0 spiro atoms. The fraction of sp³-hybridized carbons (Fsp3) is 0.412. The van der Waals surface area contributed by atoms with E-state index in [2.05, 4.69) is 0 Å². The van der Waals surface area contributed by atoms with E-state index in [4.69, 9.17) is 4.74 Å². The van der Waals surface area contributed by atoms with Crippen LogP contribution in [0, 0.1) is 34.0 Å². The van der Waals surface area contributed by atoms with E-state index in [9.17, 15) is 20.1 Å². The zero-order valence-corrected chi connectivity index (χ0v) is 12.3. The first-order valence-corrected chi connectivity index (χ1v) is 7.09. The number of ether oxygens (including phenoxy) is 1. The topological polar surface area (TPSA) is 90.9 Å². The van der Waals surface area contributed by atoms with Crippen LogP contribution in [0.25, 0.3) is 0 Å². The lowest BCUT2D eigenvalue weighted by atomic mass is 9.72. The zero-order valence-electron chi connectivity index (χ0n) is 12.3. The lowest BCUT2D eigenvalue weighted by Crippen LogP contribution is -2.34. The SMILES string of the molecule is COc1ccc(C(=O)C[C@H](C#N)[C@]2(C#N)CCCC2=O)cc1. The van der Waals surface area contributed by atoms with E-state index < -0.39 is 11.3 Å². The fourth-order valence-corrected chi connectivity index (χ4v) is 2.87. The normalized spacial score (nSPS) is 21.7. The highest BCUT2D eigenvalue weighted by Gasteiger charge is 2.49. The first-order valence-electron chi connectivity index (χ1n) is 7.09. The summed E-state index contributed by atoms with van der Waals surface area (Å²) in [4.78, 5) is 24.4. The molecular formula is C17H16N2O3. The van der Waals surface area contributed by atoms with Gasteiger partial charge in [-0.3, -0.25) is 9.59 Å². The molecule has 1 aromatic rings. The molecule has 0 N–H and O–H groups in total. The molecule has 22 heavy (non-hydrogen) atoms. The molecule has 0 bridgehead atoms. The summed E-state index contributed by atoms with van der Waals surface area (Å²) in [6.45, 7) is 0. The number of nitrogens with zero attached hydrogens (tertiary/aromatic N) is 2. The largest absolute Gasteiger partial charge is 0.497 e. The smallest absolute Gasteiger partial charge is 0.164 e. The summed E-state index contributed by atoms with van der Waals surface area (Å²) >= 11 is 0. The van der Waals surface area contributed by atoms with Crippen molar-refractivity contribution in [1.29, 1.82) is 10.5 Å². The third-order valence-corrected chi connectivity index (χ3v) is 4.22. The van der Waals surface area contributed by atoms with Gasteiger partial charge >= 0.3 is 0 Å². The standard InChI is InChI=1S/C17H16N2O3/c1-22-14-6-4-12(5-7-14)15(20)9-13(10-18)17(11-19)8-2-3-16(17)21/h4-7,13H,2-3,8-9H2,1H3/t13-,17-/m1/s1. The van der Waals surface area contributed by atoms with Crippen LogP contribution in [0.5, 0.6) is 5.75 Å². The Balaban J connectivity index is 2.19. The number of ketones is 2. The molecule has 2 atom stereocenters. The average Bonchev–Trinajstić information content (AvgIpc) is 2.94. The van der Waals surface area contributed by atoms with E-state index in [1.807, 2.05) is 12.1 Å². The van der Waals surface area contributed by atoms with Crippen LogP contribution < -0.4 is 4.74 Å². The maximum Gasteiger partial charge on any atom is 0.164 e. The van der Waals surface area contributed by atoms with Crippen LogP contribution in [-0.4, -0.2) is 18.7 Å². The molecule has 1 saturated carbocycles. The monoisotopic (exact) mass is 296 g/mol. The molecule has 1 aromatic carbocycles. The molecule has 5 nitrogen and oxygen atoms in total. The second-order valence-electron chi connectivity index (χ2n) is 5.40. The molecule has 1 aliphatic rings. The highest BCUT2D eigenvalue weighted by molar-refractivity contribution is 5.98. The van der Waals surface area contributed by atoms with Gasteiger partial charge in [-0.25, -0.2) is 0 Å². The minimum absolute atomic E-state index is 0.123. The number of benzene rings is 1. The Morgan fingerprint density at radius 2 is 2.05 bits per heavy atom. The summed E-state index contributed by atoms with van der Waals surface area (Å²) in [6.07, 6.45) is 1.14. The number of carbonyl (C=O) groups is 2. The van der Waals surface area contributed by atoms with Gasteiger partial charge in [0.05, 0.1) is 25.2 Å². The van der Waals surface area contributed by atoms with Gasteiger partial charge in [0, 0.05) is 18.4 Å². The third kappa shape index (κ3) is 2.71. The predicted molar refractivity (Wildman–Crippen MR) is 77.9 cm³/mol. The molecule has 2 rings (SSSR count). The lowest BCUT2D eigenvalue weighted by Gasteiger charge is -2.23. The molecule has 0 unspecified atom stereocenters. The maximum absolute atomic E-state index is 12.3. The van der Waals surface area contributed by atoms with Crippen LogP contribution in [0.15, 0.2) is 24.3 Å². The molecule has 0 aliphatic heterocycles. The summed E-state index contributed by atoms with van der Waals surface area (Å²) in [5.41, 5.74) is -0.878. The van der Waals surface area contributed by atoms with Crippen molar-refractivity contribution in [2.24, 2.45) is 11.3 Å². The molecule has 0 heterocycles. The van der Waals surface area contributed by atoms with Crippen molar-refractivity contribution in [3.8, 4) is 17.9 Å². The van der Waals surface area contributed by atoms with Gasteiger partial charge in [0.25, 0.3) is 0 Å². The molecule has 5 heteroatoms. The van der Waals surface area contributed by atoms with Crippen LogP contribution in [0.3, 0.4) is 0 Å². The van der Waals surface area contributed by atoms with Gasteiger partial charge in [-0.05, 0) is 37.1 Å². The predicted octanol–water partition coefficient (Wildman–Crippen LogP) is 2.67. The van der Waals surface area contributed by atoms with Crippen molar-refractivity contribution in [2.45, 2.75) is 25.7 Å². The second-order valence-corrected chi connectivity index (χ2v) is 5.40. The minimum Gasteiger partial charge on any atom is -0.497 e. The van der Waals surface area contributed by atoms with Crippen LogP contribution in [-0.2, 0) is 4.79 Å². The number of rotatable bonds is 5. The van der Waals surface area contributed by atoms with Crippen molar-refractivity contribution in [1.82, 2.24) is 0 Å². The van der Waals surface area contributed by atoms with Gasteiger partial charge in [0.15, 0.2) is 11.6 Å². The first-order chi connectivity index (χ1) is 10.6. The van der Waals surface area contributed by atoms with E-state index >= 15 is 0 Å². The molecule has 1 aliphatic carbocycles. The van der Waals surface area contributed by atoms with E-state index in [-0.39, 0.29) is 18.0 Å². The van der Waals surface area contributed by atoms with E-state index in [0.717, 1.165) is 0 Å². The summed E-state index contributed by atoms with van der Waals surface area (Å²) in [5.74, 6) is -0.734. The molecule has 0 saturated heterocycles. The Bertz CT molecular complexity index is 667. The van der Waals surface area contributed by atoms with Crippen molar-refractivity contribution in [3.63, 3.8) is 0 Å². The number of hydrogen-bond donors (Lipinski definition) is 0. The summed E-state index contributed by atoms with van der Waals surface area (Å²) in [5, 5.41) is 18.7. The van der Waals surface area contributed by atoms with Gasteiger partial charge < -0.3 is 4.74 Å². The van der Waals surface area contributed by atoms with Gasteiger partial charge in [-0.1, -0.05) is 0 Å². The molecule has 0 aromatic heterocycles. The average molecular weight is 296 g/mol. The number of nitriles is 2. The molecule has 0 radical (unpaired) electrons. The number of hydrogen-bond acceptors (Lipinski definition) is 5. The highest BCUT2D eigenvalue weighted by atomic mass is 16.5. The quantitative estimate of drug-likeness (QED) is 0.779. The van der Waals surface area contributed by atoms with Crippen LogP contribution >= 0.6 is 0 Å². The first kappa shape index (κ1) is 15.7. The van der Waals surface area contributed by atoms with Crippen LogP contribution in [0.1, 0.15) is 36.0 Å². The lowest BCUT2D eigenvalue weighted by molar-refractivity contribution is -0.124. The minimum atomic E-state index is -1.32. The van der Waals surface area contributed by atoms with Crippen molar-refractivity contribution in [2.75, 3.05) is 7.11 Å². The Hall–Kier alpha value is -2.66. The Morgan fingerprint density at radius 3 is 2.50 bits per heavy atom. The Labute approximate surface area is 129 Å². The molecule has 1 fully saturated rings. The van der Waals surface area contributed by atoms with Crippen molar-refractivity contribution < 1.29 is 14.3 Å². The summed E-state index contributed by atoms with van der Waals surface area (Å²) in [7, 11) is 1.53. The molecule has 112 valence electrons. The zero-order chi connectivity index (χ0) is 16.2. The van der Waals surface area contributed by atoms with Crippen LogP contribution in [0.4, 0.5) is 0 Å². The molecule has 0 amide bonds. The molecular weight excluding hydrogens is 280 g/mol. The van der Waals surface area contributed by atoms with E-state index in [0.29, 0.717) is 30.6 Å². The van der Waals surface area contributed by atoms with Crippen LogP contribution in [0.2, 0.25) is 0 Å². The Morgan fingerprint density at radius 1 is 1.36 bits per heavy atom. The van der Waals surface area contributed by atoms with E-state index in [1.54, 1.807) is 24.3 Å². The maximum atomic E-state index is 12.3. The number of carbonyl (C=O) groups excluding carboxylic acids is 2. The number of methoxy groups -OCH3 is 1. The second kappa shape index (κ2) is 6.41. The third-order valence-electron chi connectivity index (χ3n) is 4.22. The highest BCUT2D eigenvalue weighted by Crippen LogP contribution is 2.42. The summed E-state index contributed by atoms with van der Waals surface area (Å²) in [6, 6.07) is 10.6. The van der Waals surface area contributed by atoms with Gasteiger partial charge in [0.2, 0.25) is 0 Å². The van der Waals surface area contributed by atoms with Crippen molar-refractivity contribution >= 4 is 11.6 Å². The van der Waals surface area contributed by atoms with Gasteiger partial charge in [0.1, 0.15) is 11.2 Å². The summed E-state index contributed by atoms with van der Waals surface area (Å²) < 4.78 is 5.03. The van der Waals surface area contributed by atoms with Gasteiger partial charge in [-0.15, -0.1) is 0 Å². The van der Waals surface area contributed by atoms with E-state index in [1.165, 1.54) is 7.11 Å². The van der Waals surface area contributed by atoms with Gasteiger partial charge in [-0.2, -0.15) is 10.5 Å². The fourth-order valence-electron chi connectivity index (χ4n) is 2.87. The van der Waals surface area contributed by atoms with Crippen molar-refractivity contribution in [3.05, 3.63) is 29.8 Å². The Kier molecular flexibility index (Phi) is 4.58. The number of Topliss-reactive ketones (excluding diaryl/α,β-unsaturated/α-hetero) is 2.